The van der Waals surface area contributed by atoms with Gasteiger partial charge < -0.3 is 10.2 Å². The molecule has 3 amide bonds. The van der Waals surface area contributed by atoms with E-state index >= 15 is 0 Å². The lowest BCUT2D eigenvalue weighted by Gasteiger charge is -2.36. The highest BCUT2D eigenvalue weighted by Crippen LogP contribution is 2.28. The second kappa shape index (κ2) is 9.65. The molecule has 3 heterocycles. The molecule has 186 valence electrons. The van der Waals surface area contributed by atoms with Crippen LogP contribution in [0.2, 0.25) is 0 Å². The number of rotatable bonds is 4. The molecule has 2 aromatic rings. The number of likely N-dealkylation sites (N-methyl/N-ethyl adjacent to an activating group) is 1. The fraction of sp³-hybridized carbons (Fsp3) is 0.417. The number of hydrazone groups is 1. The average Bonchev–Trinajstić information content (AvgIpc) is 3.24. The Morgan fingerprint density at radius 1 is 1.14 bits per heavy atom. The summed E-state index contributed by atoms with van der Waals surface area (Å²) in [6.07, 6.45) is -3.43. The number of aromatic nitrogens is 1. The average molecular weight is 489 g/mol. The largest absolute Gasteiger partial charge is 0.433 e. The van der Waals surface area contributed by atoms with Gasteiger partial charge in [0, 0.05) is 19.3 Å². The van der Waals surface area contributed by atoms with E-state index < -0.39 is 30.0 Å². The van der Waals surface area contributed by atoms with Gasteiger partial charge in [-0.05, 0) is 38.1 Å². The molecule has 2 atom stereocenters. The van der Waals surface area contributed by atoms with Crippen molar-refractivity contribution in [2.45, 2.75) is 32.1 Å². The number of nitrogens with one attached hydrogen (secondary N) is 1. The highest BCUT2D eigenvalue weighted by atomic mass is 19.4. The van der Waals surface area contributed by atoms with Gasteiger partial charge >= 0.3 is 12.2 Å². The van der Waals surface area contributed by atoms with Gasteiger partial charge in [0.2, 0.25) is 5.91 Å². The molecule has 1 fully saturated rings. The standard InChI is InChI=1S/C24H27F3N6O2/c1-15-4-6-17(7-5-15)22-19(32-11-10-31(3)14-21(32)34)13-33(30-22)23(35)29-16(2)18-8-9-20(28-12-18)24(25,26)27/h4-9,12,16,19H,10-11,13-14H2,1-3H3,(H,29,35)/t16-,19+/m1/s1. The minimum Gasteiger partial charge on any atom is -0.330 e. The van der Waals surface area contributed by atoms with Crippen molar-refractivity contribution in [3.63, 3.8) is 0 Å². The first kappa shape index (κ1) is 24.6. The number of carbonyl (C=O) groups excluding carboxylic acids is 2. The highest BCUT2D eigenvalue weighted by Gasteiger charge is 2.39. The second-order valence-corrected chi connectivity index (χ2v) is 8.92. The topological polar surface area (TPSA) is 81.1 Å². The molecule has 0 aliphatic carbocycles. The number of nitrogens with zero attached hydrogens (tertiary/aromatic N) is 5. The van der Waals surface area contributed by atoms with Gasteiger partial charge in [0.1, 0.15) is 5.69 Å². The van der Waals surface area contributed by atoms with E-state index in [-0.39, 0.29) is 12.5 Å². The molecule has 1 saturated heterocycles. The van der Waals surface area contributed by atoms with Crippen LogP contribution >= 0.6 is 0 Å². The smallest absolute Gasteiger partial charge is 0.330 e. The zero-order valence-corrected chi connectivity index (χ0v) is 19.7. The van der Waals surface area contributed by atoms with Gasteiger partial charge in [0.05, 0.1) is 30.9 Å². The molecule has 1 N–H and O–H groups in total. The van der Waals surface area contributed by atoms with Crippen molar-refractivity contribution >= 4 is 17.6 Å². The summed E-state index contributed by atoms with van der Waals surface area (Å²) in [6, 6.07) is 8.40. The summed E-state index contributed by atoms with van der Waals surface area (Å²) in [7, 11) is 1.89. The van der Waals surface area contributed by atoms with Crippen LogP contribution in [0, 0.1) is 6.92 Å². The van der Waals surface area contributed by atoms with Gasteiger partial charge in [-0.3, -0.25) is 14.7 Å². The molecule has 2 aliphatic heterocycles. The summed E-state index contributed by atoms with van der Waals surface area (Å²) in [5.41, 5.74) is 1.96. The van der Waals surface area contributed by atoms with Crippen LogP contribution in [-0.2, 0) is 11.0 Å². The number of halogens is 3. The van der Waals surface area contributed by atoms with Gasteiger partial charge in [-0.2, -0.15) is 18.3 Å². The van der Waals surface area contributed by atoms with Crippen LogP contribution in [0.1, 0.15) is 35.3 Å². The predicted octanol–water partition coefficient (Wildman–Crippen LogP) is 3.04. The van der Waals surface area contributed by atoms with Crippen LogP contribution in [0.3, 0.4) is 0 Å². The van der Waals surface area contributed by atoms with Crippen LogP contribution in [-0.4, -0.2) is 76.7 Å². The Bertz CT molecular complexity index is 1120. The lowest BCUT2D eigenvalue weighted by molar-refractivity contribution is -0.141. The molecule has 8 nitrogen and oxygen atoms in total. The van der Waals surface area contributed by atoms with Gasteiger partial charge in [-0.15, -0.1) is 0 Å². The molecule has 2 aliphatic rings. The van der Waals surface area contributed by atoms with E-state index in [2.05, 4.69) is 15.4 Å². The molecule has 0 spiro atoms. The maximum Gasteiger partial charge on any atom is 0.433 e. The number of aryl methyl sites for hydroxylation is 1. The van der Waals surface area contributed by atoms with Gasteiger partial charge in [-0.1, -0.05) is 35.9 Å². The Morgan fingerprint density at radius 3 is 2.46 bits per heavy atom. The van der Waals surface area contributed by atoms with Gasteiger partial charge in [-0.25, -0.2) is 9.80 Å². The molecule has 0 bridgehead atoms. The second-order valence-electron chi connectivity index (χ2n) is 8.92. The highest BCUT2D eigenvalue weighted by molar-refractivity contribution is 6.08. The fourth-order valence-electron chi connectivity index (χ4n) is 4.14. The molecule has 0 saturated carbocycles. The Balaban J connectivity index is 1.53. The zero-order valence-electron chi connectivity index (χ0n) is 19.7. The molecule has 11 heteroatoms. The molecule has 1 aromatic carbocycles. The lowest BCUT2D eigenvalue weighted by atomic mass is 10.0. The third kappa shape index (κ3) is 5.45. The normalized spacial score (nSPS) is 20.1. The van der Waals surface area contributed by atoms with Crippen LogP contribution in [0.15, 0.2) is 47.7 Å². The van der Waals surface area contributed by atoms with E-state index in [1.165, 1.54) is 11.1 Å². The maximum absolute atomic E-state index is 13.0. The fourth-order valence-corrected chi connectivity index (χ4v) is 4.14. The minimum atomic E-state index is -4.53. The predicted molar refractivity (Wildman–Crippen MR) is 124 cm³/mol. The number of amides is 3. The SMILES string of the molecule is Cc1ccc(C2=NN(C(=O)N[C@H](C)c3ccc(C(F)(F)F)nc3)C[C@@H]2N2CCN(C)CC2=O)cc1. The minimum absolute atomic E-state index is 0.0324. The molecular weight excluding hydrogens is 461 g/mol. The summed E-state index contributed by atoms with van der Waals surface area (Å²) in [5.74, 6) is -0.0324. The van der Waals surface area contributed by atoms with Crippen molar-refractivity contribution in [1.29, 1.82) is 0 Å². The van der Waals surface area contributed by atoms with E-state index in [4.69, 9.17) is 0 Å². The number of pyridine rings is 1. The van der Waals surface area contributed by atoms with Crippen molar-refractivity contribution in [3.8, 4) is 0 Å². The Labute approximate surface area is 201 Å². The quantitative estimate of drug-likeness (QED) is 0.718. The van der Waals surface area contributed by atoms with E-state index in [1.807, 2.05) is 43.1 Å². The molecule has 0 radical (unpaired) electrons. The molecule has 35 heavy (non-hydrogen) atoms. The summed E-state index contributed by atoms with van der Waals surface area (Å²) in [6.45, 7) is 5.34. The first-order valence-corrected chi connectivity index (χ1v) is 11.3. The summed E-state index contributed by atoms with van der Waals surface area (Å²) < 4.78 is 38.4. The third-order valence-corrected chi connectivity index (χ3v) is 6.21. The van der Waals surface area contributed by atoms with Crippen LogP contribution < -0.4 is 5.32 Å². The number of hydrogen-bond donors (Lipinski definition) is 1. The summed E-state index contributed by atoms with van der Waals surface area (Å²) >= 11 is 0. The maximum atomic E-state index is 13.0. The van der Waals surface area contributed by atoms with Crippen LogP contribution in [0.25, 0.3) is 0 Å². The third-order valence-electron chi connectivity index (χ3n) is 6.21. The molecular formula is C24H27F3N6O2. The van der Waals surface area contributed by atoms with Gasteiger partial charge in [0.15, 0.2) is 0 Å². The number of alkyl halides is 3. The van der Waals surface area contributed by atoms with Crippen molar-refractivity contribution in [2.75, 3.05) is 33.2 Å². The summed E-state index contributed by atoms with van der Waals surface area (Å²) in [5, 5.41) is 8.60. The summed E-state index contributed by atoms with van der Waals surface area (Å²) in [4.78, 5) is 33.0. The number of urea groups is 1. The van der Waals surface area contributed by atoms with Crippen LogP contribution in [0.4, 0.5) is 18.0 Å². The van der Waals surface area contributed by atoms with E-state index in [9.17, 15) is 22.8 Å². The van der Waals surface area contributed by atoms with Crippen LogP contribution in [0.5, 0.6) is 0 Å². The number of piperazine rings is 1. The lowest BCUT2D eigenvalue weighted by Crippen LogP contribution is -2.56. The molecule has 4 rings (SSSR count). The molecule has 0 unspecified atom stereocenters. The van der Waals surface area contributed by atoms with Crippen molar-refractivity contribution in [1.82, 2.24) is 25.1 Å². The Hall–Kier alpha value is -3.47. The zero-order chi connectivity index (χ0) is 25.3. The number of benzene rings is 1. The van der Waals surface area contributed by atoms with Gasteiger partial charge in [0.25, 0.3) is 0 Å². The first-order valence-electron chi connectivity index (χ1n) is 11.3. The van der Waals surface area contributed by atoms with Crippen molar-refractivity contribution in [2.24, 2.45) is 5.10 Å². The molecule has 1 aromatic heterocycles. The van der Waals surface area contributed by atoms with E-state index in [0.717, 1.165) is 23.4 Å². The number of carbonyl (C=O) groups is 2. The Kier molecular flexibility index (Phi) is 6.79. The number of hydrogen-bond acceptors (Lipinski definition) is 5. The van der Waals surface area contributed by atoms with Crippen molar-refractivity contribution < 1.29 is 22.8 Å². The first-order chi connectivity index (χ1) is 16.5. The van der Waals surface area contributed by atoms with Crippen molar-refractivity contribution in [3.05, 3.63) is 65.0 Å². The monoisotopic (exact) mass is 488 g/mol. The Morgan fingerprint density at radius 2 is 1.86 bits per heavy atom. The van der Waals surface area contributed by atoms with E-state index in [1.54, 1.807) is 11.8 Å². The van der Waals surface area contributed by atoms with E-state index in [0.29, 0.717) is 30.9 Å².